The van der Waals surface area contributed by atoms with Crippen molar-refractivity contribution in [3.05, 3.63) is 94.1 Å². The molecule has 1 spiro atoms. The summed E-state index contributed by atoms with van der Waals surface area (Å²) in [5.41, 5.74) is 3.26. The van der Waals surface area contributed by atoms with Crippen molar-refractivity contribution in [3.8, 4) is 0 Å². The molecule has 0 amide bonds. The van der Waals surface area contributed by atoms with Crippen LogP contribution in [0.25, 0.3) is 0 Å². The van der Waals surface area contributed by atoms with Crippen LogP contribution >= 0.6 is 0 Å². The Morgan fingerprint density at radius 1 is 0.806 bits per heavy atom. The van der Waals surface area contributed by atoms with E-state index in [0.29, 0.717) is 19.4 Å². The highest BCUT2D eigenvalue weighted by Gasteiger charge is 2.59. The average molecular weight is 487 g/mol. The molecule has 6 nitrogen and oxygen atoms in total. The maximum absolute atomic E-state index is 13.7. The van der Waals surface area contributed by atoms with Crippen molar-refractivity contribution in [2.75, 3.05) is 6.61 Å². The van der Waals surface area contributed by atoms with Gasteiger partial charge in [0, 0.05) is 6.42 Å². The first-order valence-electron chi connectivity index (χ1n) is 12.3. The van der Waals surface area contributed by atoms with E-state index in [-0.39, 0.29) is 32.0 Å². The van der Waals surface area contributed by atoms with Crippen molar-refractivity contribution in [2.24, 2.45) is 10.8 Å². The number of fused-ring (bicyclic) bond motifs is 1. The van der Waals surface area contributed by atoms with Crippen LogP contribution in [0, 0.1) is 10.8 Å². The second kappa shape index (κ2) is 9.41. The monoisotopic (exact) mass is 486 g/mol. The van der Waals surface area contributed by atoms with Crippen molar-refractivity contribution in [1.29, 1.82) is 0 Å². The quantitative estimate of drug-likeness (QED) is 0.316. The Labute approximate surface area is 210 Å². The lowest BCUT2D eigenvalue weighted by Crippen LogP contribution is -2.39. The summed E-state index contributed by atoms with van der Waals surface area (Å²) in [5, 5.41) is 0. The summed E-state index contributed by atoms with van der Waals surface area (Å²) < 4.78 is 16.8. The van der Waals surface area contributed by atoms with Crippen LogP contribution in [0.3, 0.4) is 0 Å². The maximum atomic E-state index is 13.7. The van der Waals surface area contributed by atoms with E-state index in [1.165, 1.54) is 0 Å². The van der Waals surface area contributed by atoms with Gasteiger partial charge in [0.15, 0.2) is 5.41 Å². The van der Waals surface area contributed by atoms with E-state index in [1.54, 1.807) is 0 Å². The molecule has 2 aliphatic carbocycles. The molecule has 5 rings (SSSR count). The van der Waals surface area contributed by atoms with Crippen molar-refractivity contribution >= 4 is 17.9 Å². The minimum atomic E-state index is -1.50. The molecule has 2 fully saturated rings. The van der Waals surface area contributed by atoms with E-state index < -0.39 is 22.8 Å². The van der Waals surface area contributed by atoms with Gasteiger partial charge in [-0.2, -0.15) is 0 Å². The van der Waals surface area contributed by atoms with Crippen LogP contribution in [-0.4, -0.2) is 24.5 Å². The van der Waals surface area contributed by atoms with E-state index in [1.807, 2.05) is 74.5 Å². The van der Waals surface area contributed by atoms with Gasteiger partial charge in [0.2, 0.25) is 0 Å². The molecule has 2 aromatic rings. The molecule has 6 heteroatoms. The molecule has 0 radical (unpaired) electrons. The van der Waals surface area contributed by atoms with Gasteiger partial charge in [-0.05, 0) is 55.4 Å². The lowest BCUT2D eigenvalue weighted by molar-refractivity contribution is -0.173. The first-order valence-corrected chi connectivity index (χ1v) is 12.3. The van der Waals surface area contributed by atoms with Gasteiger partial charge in [-0.15, -0.1) is 0 Å². The van der Waals surface area contributed by atoms with E-state index in [0.717, 1.165) is 33.4 Å². The highest BCUT2D eigenvalue weighted by molar-refractivity contribution is 6.02. The maximum Gasteiger partial charge on any atom is 0.324 e. The average Bonchev–Trinajstić information content (AvgIpc) is 3.49. The van der Waals surface area contributed by atoms with Gasteiger partial charge in [-0.3, -0.25) is 14.4 Å². The van der Waals surface area contributed by atoms with E-state index in [4.69, 9.17) is 14.2 Å². The molecule has 0 N–H and O–H groups in total. The Morgan fingerprint density at radius 3 is 1.83 bits per heavy atom. The predicted octanol–water partition coefficient (Wildman–Crippen LogP) is 5.22. The molecule has 36 heavy (non-hydrogen) atoms. The molecule has 0 bridgehead atoms. The fourth-order valence-corrected chi connectivity index (χ4v) is 5.78. The van der Waals surface area contributed by atoms with Crippen molar-refractivity contribution < 1.29 is 28.6 Å². The standard InChI is InChI=1S/C30H30O6/c1-20-15-29(13-14-34-26(29)31)21(2)25-17-30(16-24(20)25,27(32)35-18-22-9-5-3-6-10-22)28(33)36-19-23-11-7-4-8-12-23/h3-12H,13-19H2,1-2H3. The zero-order chi connectivity index (χ0) is 25.3. The van der Waals surface area contributed by atoms with E-state index in [9.17, 15) is 14.4 Å². The lowest BCUT2D eigenvalue weighted by atomic mass is 9.68. The second-order valence-corrected chi connectivity index (χ2v) is 10.1. The smallest absolute Gasteiger partial charge is 0.324 e. The highest BCUT2D eigenvalue weighted by atomic mass is 16.6. The number of rotatable bonds is 6. The number of cyclic esters (lactones) is 1. The predicted molar refractivity (Wildman–Crippen MR) is 132 cm³/mol. The molecule has 3 aliphatic rings. The van der Waals surface area contributed by atoms with Crippen LogP contribution in [0.15, 0.2) is 83.0 Å². The molecule has 2 aromatic carbocycles. The summed E-state index contributed by atoms with van der Waals surface area (Å²) in [7, 11) is 0. The Hall–Kier alpha value is -3.67. The number of carbonyl (C=O) groups excluding carboxylic acids is 3. The van der Waals surface area contributed by atoms with Crippen LogP contribution in [0.1, 0.15) is 50.7 Å². The first kappa shape index (κ1) is 24.0. The number of carbonyl (C=O) groups is 3. The summed E-state index contributed by atoms with van der Waals surface area (Å²) in [5.74, 6) is -1.41. The van der Waals surface area contributed by atoms with E-state index >= 15 is 0 Å². The van der Waals surface area contributed by atoms with Gasteiger partial charge in [0.1, 0.15) is 13.2 Å². The third kappa shape index (κ3) is 4.04. The SMILES string of the molecule is CC1=C2CC(C(=O)OCc3ccccc3)(C(=O)OCc3ccccc3)CC2=C(C)C2(CCOC2=O)C1. The number of benzene rings is 2. The van der Waals surface area contributed by atoms with Gasteiger partial charge >= 0.3 is 17.9 Å². The number of hydrogen-bond acceptors (Lipinski definition) is 6. The number of esters is 3. The fraction of sp³-hybridized carbons (Fsp3) is 0.367. The van der Waals surface area contributed by atoms with Gasteiger partial charge in [-0.25, -0.2) is 0 Å². The Balaban J connectivity index is 1.47. The van der Waals surface area contributed by atoms with Crippen LogP contribution in [0.2, 0.25) is 0 Å². The van der Waals surface area contributed by atoms with Gasteiger partial charge < -0.3 is 14.2 Å². The molecule has 1 heterocycles. The second-order valence-electron chi connectivity index (χ2n) is 10.1. The van der Waals surface area contributed by atoms with Crippen LogP contribution in [0.5, 0.6) is 0 Å². The number of hydrogen-bond donors (Lipinski definition) is 0. The van der Waals surface area contributed by atoms with Gasteiger partial charge in [0.25, 0.3) is 0 Å². The summed E-state index contributed by atoms with van der Waals surface area (Å²) >= 11 is 0. The molecule has 0 aromatic heterocycles. The summed E-state index contributed by atoms with van der Waals surface area (Å²) in [6.07, 6.45) is 1.51. The third-order valence-corrected chi connectivity index (χ3v) is 7.93. The number of ether oxygens (including phenoxy) is 3. The minimum absolute atomic E-state index is 0.0692. The molecular formula is C30H30O6. The Morgan fingerprint density at radius 2 is 1.33 bits per heavy atom. The summed E-state index contributed by atoms with van der Waals surface area (Å²) in [4.78, 5) is 40.1. The Bertz CT molecular complexity index is 1200. The minimum Gasteiger partial charge on any atom is -0.465 e. The zero-order valence-electron chi connectivity index (χ0n) is 20.7. The molecule has 186 valence electrons. The highest BCUT2D eigenvalue weighted by Crippen LogP contribution is 2.58. The third-order valence-electron chi connectivity index (χ3n) is 7.93. The van der Waals surface area contributed by atoms with Crippen molar-refractivity contribution in [2.45, 2.75) is 52.7 Å². The van der Waals surface area contributed by atoms with Crippen molar-refractivity contribution in [3.63, 3.8) is 0 Å². The molecule has 1 atom stereocenters. The van der Waals surface area contributed by atoms with Gasteiger partial charge in [0.05, 0.1) is 12.0 Å². The topological polar surface area (TPSA) is 78.9 Å². The molecule has 1 unspecified atom stereocenters. The summed E-state index contributed by atoms with van der Waals surface area (Å²) in [6.45, 7) is 4.44. The van der Waals surface area contributed by atoms with Gasteiger partial charge in [-0.1, -0.05) is 71.8 Å². The van der Waals surface area contributed by atoms with Crippen LogP contribution < -0.4 is 0 Å². The summed E-state index contributed by atoms with van der Waals surface area (Å²) in [6, 6.07) is 18.8. The largest absolute Gasteiger partial charge is 0.465 e. The fourth-order valence-electron chi connectivity index (χ4n) is 5.78. The Kier molecular flexibility index (Phi) is 6.29. The van der Waals surface area contributed by atoms with E-state index in [2.05, 4.69) is 0 Å². The molecular weight excluding hydrogens is 456 g/mol. The molecule has 1 saturated heterocycles. The van der Waals surface area contributed by atoms with Crippen molar-refractivity contribution in [1.82, 2.24) is 0 Å². The van der Waals surface area contributed by atoms with Crippen LogP contribution in [0.4, 0.5) is 0 Å². The number of allylic oxidation sites excluding steroid dienone is 3. The van der Waals surface area contributed by atoms with Crippen LogP contribution in [-0.2, 0) is 41.8 Å². The normalized spacial score (nSPS) is 22.4. The lowest BCUT2D eigenvalue weighted by Gasteiger charge is -2.33. The molecule has 1 aliphatic heterocycles. The zero-order valence-corrected chi connectivity index (χ0v) is 20.7. The first-order chi connectivity index (χ1) is 17.4. The molecule has 1 saturated carbocycles.